The number of halogens is 2. The summed E-state index contributed by atoms with van der Waals surface area (Å²) in [5.41, 5.74) is -0.874. The molecule has 0 aromatic heterocycles. The molecule has 7 heteroatoms. The van der Waals surface area contributed by atoms with E-state index in [1.807, 2.05) is 0 Å². The van der Waals surface area contributed by atoms with Gasteiger partial charge >= 0.3 is 6.03 Å². The van der Waals surface area contributed by atoms with E-state index in [0.29, 0.717) is 11.1 Å². The van der Waals surface area contributed by atoms with Crippen LogP contribution in [0.5, 0.6) is 0 Å². The minimum absolute atomic E-state index is 0.0418. The van der Waals surface area contributed by atoms with E-state index in [-0.39, 0.29) is 17.9 Å². The molecule has 1 heterocycles. The molecule has 1 aromatic rings. The minimum atomic E-state index is -1.15. The lowest BCUT2D eigenvalue weighted by Crippen LogP contribution is -2.46. The second-order valence-corrected chi connectivity index (χ2v) is 5.56. The van der Waals surface area contributed by atoms with E-state index in [1.165, 1.54) is 18.1 Å². The lowest BCUT2D eigenvalue weighted by atomic mass is 9.89. The van der Waals surface area contributed by atoms with Crippen molar-refractivity contribution in [3.63, 3.8) is 0 Å². The van der Waals surface area contributed by atoms with E-state index in [1.54, 1.807) is 19.1 Å². The van der Waals surface area contributed by atoms with E-state index in [0.717, 1.165) is 0 Å². The van der Waals surface area contributed by atoms with Crippen LogP contribution < -0.4 is 5.32 Å². The Balaban J connectivity index is 2.47. The number of benzene rings is 1. The summed E-state index contributed by atoms with van der Waals surface area (Å²) in [6.07, 6.45) is 0. The molecule has 0 bridgehead atoms. The molecule has 2 rings (SSSR count). The van der Waals surface area contributed by atoms with Crippen LogP contribution in [0.15, 0.2) is 22.7 Å². The summed E-state index contributed by atoms with van der Waals surface area (Å²) in [6, 6.07) is 4.17. The molecule has 1 aliphatic rings. The summed E-state index contributed by atoms with van der Waals surface area (Å²) in [5, 5.41) is 10.4. The van der Waals surface area contributed by atoms with Crippen LogP contribution in [0.2, 0.25) is 0 Å². The predicted molar refractivity (Wildman–Crippen MR) is 76.3 cm³/mol. The van der Waals surface area contributed by atoms with Crippen molar-refractivity contribution in [2.24, 2.45) is 0 Å². The molecule has 1 atom stereocenters. The zero-order valence-corrected chi connectivity index (χ0v) is 12.8. The number of amides is 2. The van der Waals surface area contributed by atoms with Crippen molar-refractivity contribution in [1.29, 1.82) is 5.41 Å². The van der Waals surface area contributed by atoms with Crippen LogP contribution in [0.3, 0.4) is 0 Å². The van der Waals surface area contributed by atoms with Gasteiger partial charge in [0.05, 0.1) is 6.61 Å². The zero-order valence-electron chi connectivity index (χ0n) is 11.2. The number of amidine groups is 1. The number of methoxy groups -OCH3 is 1. The second-order valence-electron chi connectivity index (χ2n) is 4.65. The quantitative estimate of drug-likeness (QED) is 0.881. The Morgan fingerprint density at radius 2 is 2.25 bits per heavy atom. The van der Waals surface area contributed by atoms with Crippen molar-refractivity contribution < 1.29 is 13.9 Å². The van der Waals surface area contributed by atoms with Crippen molar-refractivity contribution in [2.75, 3.05) is 20.3 Å². The largest absolute Gasteiger partial charge is 0.383 e. The number of carbonyl (C=O) groups excluding carboxylic acids is 1. The monoisotopic (exact) mass is 343 g/mol. The molecule has 1 saturated heterocycles. The van der Waals surface area contributed by atoms with Crippen molar-refractivity contribution in [2.45, 2.75) is 12.5 Å². The fourth-order valence-corrected chi connectivity index (χ4v) is 2.64. The molecule has 5 nitrogen and oxygen atoms in total. The SMILES string of the molecule is COCCN1C(=O)NC(=N)C1(C)c1ccc(Br)cc1F. The Bertz CT molecular complexity index is 567. The van der Waals surface area contributed by atoms with Gasteiger partial charge in [0.25, 0.3) is 0 Å². The maximum Gasteiger partial charge on any atom is 0.324 e. The van der Waals surface area contributed by atoms with Gasteiger partial charge in [-0.1, -0.05) is 22.0 Å². The van der Waals surface area contributed by atoms with Gasteiger partial charge in [0, 0.05) is 23.7 Å². The van der Waals surface area contributed by atoms with Gasteiger partial charge in [-0.05, 0) is 19.1 Å². The van der Waals surface area contributed by atoms with Gasteiger partial charge in [0.2, 0.25) is 0 Å². The van der Waals surface area contributed by atoms with Crippen LogP contribution in [-0.4, -0.2) is 37.0 Å². The number of carbonyl (C=O) groups is 1. The molecule has 2 amide bonds. The molecule has 108 valence electrons. The molecule has 20 heavy (non-hydrogen) atoms. The summed E-state index contributed by atoms with van der Waals surface area (Å²) >= 11 is 3.20. The van der Waals surface area contributed by atoms with E-state index >= 15 is 0 Å². The third kappa shape index (κ3) is 2.31. The van der Waals surface area contributed by atoms with Gasteiger partial charge in [-0.15, -0.1) is 0 Å². The van der Waals surface area contributed by atoms with E-state index in [4.69, 9.17) is 10.1 Å². The Morgan fingerprint density at radius 1 is 1.55 bits per heavy atom. The molecule has 1 aliphatic heterocycles. The lowest BCUT2D eigenvalue weighted by molar-refractivity contribution is 0.128. The summed E-state index contributed by atoms with van der Waals surface area (Å²) < 4.78 is 19.8. The van der Waals surface area contributed by atoms with Crippen LogP contribution >= 0.6 is 15.9 Å². The van der Waals surface area contributed by atoms with Crippen LogP contribution in [-0.2, 0) is 10.3 Å². The number of hydrogen-bond acceptors (Lipinski definition) is 3. The highest BCUT2D eigenvalue weighted by Gasteiger charge is 2.48. The van der Waals surface area contributed by atoms with Crippen molar-refractivity contribution in [3.05, 3.63) is 34.1 Å². The first kappa shape index (κ1) is 14.9. The fourth-order valence-electron chi connectivity index (χ4n) is 2.31. The molecule has 0 spiro atoms. The van der Waals surface area contributed by atoms with Gasteiger partial charge in [-0.25, -0.2) is 9.18 Å². The van der Waals surface area contributed by atoms with E-state index in [2.05, 4.69) is 21.2 Å². The fraction of sp³-hybridized carbons (Fsp3) is 0.385. The smallest absolute Gasteiger partial charge is 0.324 e. The highest BCUT2D eigenvalue weighted by atomic mass is 79.9. The first-order valence-corrected chi connectivity index (χ1v) is 6.82. The number of hydrogen-bond donors (Lipinski definition) is 2. The third-order valence-electron chi connectivity index (χ3n) is 3.48. The second kappa shape index (κ2) is 5.49. The molecular formula is C13H15BrFN3O2. The normalized spacial score (nSPS) is 22.3. The highest BCUT2D eigenvalue weighted by Crippen LogP contribution is 2.35. The first-order chi connectivity index (χ1) is 9.41. The molecule has 1 unspecified atom stereocenters. The van der Waals surface area contributed by atoms with E-state index < -0.39 is 17.4 Å². The molecule has 1 fully saturated rings. The molecule has 0 radical (unpaired) electrons. The maximum atomic E-state index is 14.2. The average Bonchev–Trinajstić information content (AvgIpc) is 2.58. The topological polar surface area (TPSA) is 65.4 Å². The van der Waals surface area contributed by atoms with Gasteiger partial charge < -0.3 is 9.64 Å². The van der Waals surface area contributed by atoms with Crippen LogP contribution in [0, 0.1) is 11.2 Å². The number of nitrogens with zero attached hydrogens (tertiary/aromatic N) is 1. The van der Waals surface area contributed by atoms with Gasteiger partial charge in [0.1, 0.15) is 17.2 Å². The number of rotatable bonds is 4. The predicted octanol–water partition coefficient (Wildman–Crippen LogP) is 2.45. The van der Waals surface area contributed by atoms with Gasteiger partial charge in [-0.3, -0.25) is 10.7 Å². The summed E-state index contributed by atoms with van der Waals surface area (Å²) in [6.45, 7) is 2.24. The number of urea groups is 1. The van der Waals surface area contributed by atoms with E-state index in [9.17, 15) is 9.18 Å². The highest BCUT2D eigenvalue weighted by molar-refractivity contribution is 9.10. The zero-order chi connectivity index (χ0) is 14.9. The molecule has 1 aromatic carbocycles. The first-order valence-electron chi connectivity index (χ1n) is 6.03. The average molecular weight is 344 g/mol. The summed E-state index contributed by atoms with van der Waals surface area (Å²) in [5.74, 6) is -0.509. The Labute approximate surface area is 124 Å². The molecule has 0 aliphatic carbocycles. The van der Waals surface area contributed by atoms with Crippen LogP contribution in [0.25, 0.3) is 0 Å². The molecule has 0 saturated carbocycles. The van der Waals surface area contributed by atoms with Gasteiger partial charge in [0.15, 0.2) is 0 Å². The number of ether oxygens (including phenoxy) is 1. The minimum Gasteiger partial charge on any atom is -0.383 e. The summed E-state index contributed by atoms with van der Waals surface area (Å²) in [7, 11) is 1.52. The van der Waals surface area contributed by atoms with Crippen LogP contribution in [0.1, 0.15) is 12.5 Å². The standard InChI is InChI=1S/C13H15BrFN3O2/c1-13(9-4-3-8(14)7-10(9)15)11(16)17-12(19)18(13)5-6-20-2/h3-4,7H,5-6H2,1-2H3,(H2,16,17,19). The Kier molecular flexibility index (Phi) is 4.10. The van der Waals surface area contributed by atoms with Crippen molar-refractivity contribution in [1.82, 2.24) is 10.2 Å². The van der Waals surface area contributed by atoms with Crippen molar-refractivity contribution in [3.8, 4) is 0 Å². The van der Waals surface area contributed by atoms with Gasteiger partial charge in [-0.2, -0.15) is 0 Å². The maximum absolute atomic E-state index is 14.2. The van der Waals surface area contributed by atoms with Crippen LogP contribution in [0.4, 0.5) is 9.18 Å². The number of nitrogens with one attached hydrogen (secondary N) is 2. The Hall–Kier alpha value is -1.47. The molecular weight excluding hydrogens is 329 g/mol. The molecule has 2 N–H and O–H groups in total. The summed E-state index contributed by atoms with van der Waals surface area (Å²) in [4.78, 5) is 13.4. The Morgan fingerprint density at radius 3 is 2.85 bits per heavy atom. The van der Waals surface area contributed by atoms with Crippen molar-refractivity contribution >= 4 is 27.8 Å². The third-order valence-corrected chi connectivity index (χ3v) is 3.97. The lowest BCUT2D eigenvalue weighted by Gasteiger charge is -2.33.